The highest BCUT2D eigenvalue weighted by Crippen LogP contribution is 2.31. The molecule has 3 aromatic carbocycles. The minimum atomic E-state index is -0.301. The number of rotatable bonds is 8. The minimum absolute atomic E-state index is 0.199. The predicted octanol–water partition coefficient (Wildman–Crippen LogP) is 7.24. The van der Waals surface area contributed by atoms with Gasteiger partial charge in [0.15, 0.2) is 0 Å². The average molecular weight is 539 g/mol. The Balaban J connectivity index is 1.40. The molecule has 0 saturated heterocycles. The summed E-state index contributed by atoms with van der Waals surface area (Å²) in [6.45, 7) is 2.46. The number of nitrogens with zero attached hydrogens (tertiary/aromatic N) is 1. The SMILES string of the molecule is CCC(OC(=O)N(Cc1ccc(C(=O)Nc2ccccc2S)cc1)C1CC1)c1ccc(Br)cc1. The molecule has 1 saturated carbocycles. The summed E-state index contributed by atoms with van der Waals surface area (Å²) in [4.78, 5) is 28.2. The van der Waals surface area contributed by atoms with Gasteiger partial charge >= 0.3 is 6.09 Å². The maximum Gasteiger partial charge on any atom is 0.410 e. The zero-order chi connectivity index (χ0) is 24.1. The molecule has 1 aliphatic carbocycles. The molecule has 4 rings (SSSR count). The van der Waals surface area contributed by atoms with Crippen molar-refractivity contribution in [3.8, 4) is 0 Å². The Morgan fingerprint density at radius 1 is 1.06 bits per heavy atom. The van der Waals surface area contributed by atoms with Gasteiger partial charge in [-0.3, -0.25) is 4.79 Å². The quantitative estimate of drug-likeness (QED) is 0.297. The number of amides is 2. The van der Waals surface area contributed by atoms with Gasteiger partial charge in [0.1, 0.15) is 6.10 Å². The number of nitrogens with one attached hydrogen (secondary N) is 1. The van der Waals surface area contributed by atoms with Crippen LogP contribution in [0.1, 0.15) is 53.8 Å². The van der Waals surface area contributed by atoms with E-state index in [1.165, 1.54) is 0 Å². The smallest absolute Gasteiger partial charge is 0.410 e. The first kappa shape index (κ1) is 24.4. The molecule has 2 amide bonds. The molecule has 1 unspecified atom stereocenters. The number of benzene rings is 3. The van der Waals surface area contributed by atoms with Crippen LogP contribution in [0.15, 0.2) is 82.2 Å². The number of carbonyl (C=O) groups is 2. The fourth-order valence-corrected chi connectivity index (χ4v) is 4.20. The number of anilines is 1. The Hall–Kier alpha value is -2.77. The van der Waals surface area contributed by atoms with Crippen molar-refractivity contribution < 1.29 is 14.3 Å². The number of hydrogen-bond acceptors (Lipinski definition) is 4. The van der Waals surface area contributed by atoms with E-state index in [1.54, 1.807) is 17.0 Å². The van der Waals surface area contributed by atoms with Crippen molar-refractivity contribution in [2.45, 2.75) is 49.8 Å². The first-order chi connectivity index (χ1) is 16.4. The molecule has 0 heterocycles. The Morgan fingerprint density at radius 3 is 2.35 bits per heavy atom. The van der Waals surface area contributed by atoms with Crippen molar-refractivity contribution in [1.29, 1.82) is 0 Å². The van der Waals surface area contributed by atoms with Gasteiger partial charge < -0.3 is 15.0 Å². The third-order valence-electron chi connectivity index (χ3n) is 5.80. The van der Waals surface area contributed by atoms with Crippen LogP contribution in [0.5, 0.6) is 0 Å². The predicted molar refractivity (Wildman–Crippen MR) is 140 cm³/mol. The van der Waals surface area contributed by atoms with Crippen molar-refractivity contribution in [2.24, 2.45) is 0 Å². The zero-order valence-corrected chi connectivity index (χ0v) is 21.4. The van der Waals surface area contributed by atoms with Crippen LogP contribution in [0.25, 0.3) is 0 Å². The highest BCUT2D eigenvalue weighted by Gasteiger charge is 2.34. The molecule has 176 valence electrons. The third-order valence-corrected chi connectivity index (χ3v) is 6.72. The van der Waals surface area contributed by atoms with Crippen LogP contribution in [0.4, 0.5) is 10.5 Å². The fraction of sp³-hybridized carbons (Fsp3) is 0.259. The second-order valence-electron chi connectivity index (χ2n) is 8.36. The number of para-hydroxylation sites is 1. The topological polar surface area (TPSA) is 58.6 Å². The standard InChI is InChI=1S/C27H27BrN2O3S/c1-2-24(19-11-13-21(28)14-12-19)33-27(32)30(22-15-16-22)17-18-7-9-20(10-8-18)26(31)29-23-5-3-4-6-25(23)34/h3-14,22,24,34H,2,15-17H2,1H3,(H,29,31). The average Bonchev–Trinajstić information content (AvgIpc) is 3.68. The molecule has 0 spiro atoms. The van der Waals surface area contributed by atoms with Gasteiger partial charge in [-0.15, -0.1) is 12.6 Å². The number of carbonyl (C=O) groups excluding carboxylic acids is 2. The summed E-state index contributed by atoms with van der Waals surface area (Å²) in [5.41, 5.74) is 3.14. The molecular formula is C27H27BrN2O3S. The summed E-state index contributed by atoms with van der Waals surface area (Å²) in [5.74, 6) is -0.202. The maximum absolute atomic E-state index is 13.1. The van der Waals surface area contributed by atoms with Crippen LogP contribution >= 0.6 is 28.6 Å². The Labute approximate surface area is 214 Å². The lowest BCUT2D eigenvalue weighted by Crippen LogP contribution is -2.34. The van der Waals surface area contributed by atoms with Gasteiger partial charge in [0.05, 0.1) is 5.69 Å². The monoisotopic (exact) mass is 538 g/mol. The molecule has 1 atom stereocenters. The number of hydrogen-bond donors (Lipinski definition) is 2. The van der Waals surface area contributed by atoms with Crippen LogP contribution < -0.4 is 5.32 Å². The largest absolute Gasteiger partial charge is 0.441 e. The second kappa shape index (κ2) is 11.1. The number of ether oxygens (including phenoxy) is 1. The van der Waals surface area contributed by atoms with Crippen LogP contribution in [-0.2, 0) is 11.3 Å². The van der Waals surface area contributed by atoms with Gasteiger partial charge in [0, 0.05) is 27.5 Å². The number of halogens is 1. The van der Waals surface area contributed by atoms with Crippen molar-refractivity contribution in [3.63, 3.8) is 0 Å². The van der Waals surface area contributed by atoms with E-state index in [1.807, 2.05) is 67.6 Å². The molecular weight excluding hydrogens is 512 g/mol. The minimum Gasteiger partial charge on any atom is -0.441 e. The molecule has 0 bridgehead atoms. The lowest BCUT2D eigenvalue weighted by Gasteiger charge is -2.25. The maximum atomic E-state index is 13.1. The summed E-state index contributed by atoms with van der Waals surface area (Å²) in [7, 11) is 0. The van der Waals surface area contributed by atoms with Gasteiger partial charge in [-0.25, -0.2) is 4.79 Å². The van der Waals surface area contributed by atoms with E-state index >= 15 is 0 Å². The van der Waals surface area contributed by atoms with Crippen molar-refractivity contribution in [2.75, 3.05) is 5.32 Å². The molecule has 1 aliphatic rings. The Bertz CT molecular complexity index is 1150. The molecule has 5 nitrogen and oxygen atoms in total. The lowest BCUT2D eigenvalue weighted by molar-refractivity contribution is 0.0561. The summed E-state index contributed by atoms with van der Waals surface area (Å²) in [6.07, 6.45) is 2.07. The van der Waals surface area contributed by atoms with Crippen molar-refractivity contribution in [1.82, 2.24) is 4.90 Å². The molecule has 0 aliphatic heterocycles. The molecule has 1 fully saturated rings. The zero-order valence-electron chi connectivity index (χ0n) is 18.9. The normalized spacial score (nSPS) is 13.7. The van der Waals surface area contributed by atoms with Gasteiger partial charge in [-0.05, 0) is 66.8 Å². The summed E-state index contributed by atoms with van der Waals surface area (Å²) >= 11 is 7.82. The van der Waals surface area contributed by atoms with Crippen molar-refractivity contribution in [3.05, 3.63) is 94.0 Å². The Kier molecular flexibility index (Phi) is 7.95. The van der Waals surface area contributed by atoms with E-state index in [2.05, 4.69) is 33.9 Å². The van der Waals surface area contributed by atoms with E-state index < -0.39 is 0 Å². The molecule has 0 aromatic heterocycles. The molecule has 34 heavy (non-hydrogen) atoms. The highest BCUT2D eigenvalue weighted by atomic mass is 79.9. The van der Waals surface area contributed by atoms with Crippen LogP contribution in [0, 0.1) is 0 Å². The Morgan fingerprint density at radius 2 is 1.74 bits per heavy atom. The van der Waals surface area contributed by atoms with E-state index in [-0.39, 0.29) is 24.1 Å². The lowest BCUT2D eigenvalue weighted by atomic mass is 10.1. The van der Waals surface area contributed by atoms with Crippen molar-refractivity contribution >= 4 is 46.2 Å². The summed E-state index contributed by atoms with van der Waals surface area (Å²) < 4.78 is 6.89. The van der Waals surface area contributed by atoms with Gasteiger partial charge in [0.25, 0.3) is 5.91 Å². The van der Waals surface area contributed by atoms with Gasteiger partial charge in [0.2, 0.25) is 0 Å². The van der Waals surface area contributed by atoms with E-state index in [9.17, 15) is 9.59 Å². The van der Waals surface area contributed by atoms with Crippen LogP contribution in [0.3, 0.4) is 0 Å². The fourth-order valence-electron chi connectivity index (χ4n) is 3.71. The van der Waals surface area contributed by atoms with E-state index in [4.69, 9.17) is 4.74 Å². The van der Waals surface area contributed by atoms with Crippen LogP contribution in [-0.4, -0.2) is 22.9 Å². The van der Waals surface area contributed by atoms with E-state index in [0.717, 1.165) is 28.4 Å². The molecule has 0 radical (unpaired) electrons. The van der Waals surface area contributed by atoms with Gasteiger partial charge in [-0.1, -0.05) is 59.3 Å². The highest BCUT2D eigenvalue weighted by molar-refractivity contribution is 9.10. The third kappa shape index (κ3) is 6.21. The summed E-state index contributed by atoms with van der Waals surface area (Å²) in [6, 6.07) is 22.7. The summed E-state index contributed by atoms with van der Waals surface area (Å²) in [5, 5.41) is 2.88. The molecule has 3 aromatic rings. The molecule has 7 heteroatoms. The van der Waals surface area contributed by atoms with Crippen LogP contribution in [0.2, 0.25) is 0 Å². The second-order valence-corrected chi connectivity index (χ2v) is 9.76. The first-order valence-electron chi connectivity index (χ1n) is 11.4. The molecule has 1 N–H and O–H groups in total. The van der Waals surface area contributed by atoms with Gasteiger partial charge in [-0.2, -0.15) is 0 Å². The first-order valence-corrected chi connectivity index (χ1v) is 12.6. The number of thiol groups is 1. The van der Waals surface area contributed by atoms with E-state index in [0.29, 0.717) is 29.1 Å².